The second kappa shape index (κ2) is 6.47. The maximum Gasteiger partial charge on any atom is 0.195 e. The van der Waals surface area contributed by atoms with Crippen LogP contribution < -0.4 is 0 Å². The van der Waals surface area contributed by atoms with Gasteiger partial charge in [-0.05, 0) is 49.1 Å². The Hall–Kier alpha value is -1.25. The second-order valence-electron chi connectivity index (χ2n) is 6.82. The molecule has 1 fully saturated rings. The molecule has 1 aromatic rings. The Morgan fingerprint density at radius 1 is 1.05 bits per heavy atom. The quantitative estimate of drug-likeness (QED) is 0.471. The molecular formula is C19H23F3. The maximum atomic E-state index is 13.9. The molecule has 0 nitrogen and oxygen atoms in total. The highest BCUT2D eigenvalue weighted by atomic mass is 19.2. The minimum absolute atomic E-state index is 0.267. The van der Waals surface area contributed by atoms with Crippen molar-refractivity contribution in [3.05, 3.63) is 40.2 Å². The van der Waals surface area contributed by atoms with Crippen LogP contribution in [0.3, 0.4) is 0 Å². The van der Waals surface area contributed by atoms with E-state index >= 15 is 0 Å². The molecule has 0 aliphatic heterocycles. The Bertz CT molecular complexity index is 589. The smallest absolute Gasteiger partial charge is 0.195 e. The largest absolute Gasteiger partial charge is 0.204 e. The van der Waals surface area contributed by atoms with Gasteiger partial charge >= 0.3 is 0 Å². The summed E-state index contributed by atoms with van der Waals surface area (Å²) in [5.41, 5.74) is 2.03. The number of rotatable bonds is 3. The van der Waals surface area contributed by atoms with E-state index in [4.69, 9.17) is 0 Å². The van der Waals surface area contributed by atoms with Crippen LogP contribution in [0.2, 0.25) is 0 Å². The van der Waals surface area contributed by atoms with Gasteiger partial charge in [-0.3, -0.25) is 0 Å². The standard InChI is InChI=1S/C19H23F3/c1-2-4-12-5-3-6-13(8-7-12)14-9-15-11-17(20)19(22)18(21)16(15)10-14/h10-13H,2-9H2,1H3. The summed E-state index contributed by atoms with van der Waals surface area (Å²) in [4.78, 5) is 0. The first-order chi connectivity index (χ1) is 10.6. The molecule has 2 unspecified atom stereocenters. The molecule has 1 aromatic carbocycles. The van der Waals surface area contributed by atoms with Crippen LogP contribution >= 0.6 is 0 Å². The van der Waals surface area contributed by atoms with Crippen molar-refractivity contribution in [1.29, 1.82) is 0 Å². The van der Waals surface area contributed by atoms with E-state index in [0.29, 0.717) is 17.9 Å². The van der Waals surface area contributed by atoms with Gasteiger partial charge in [-0.25, -0.2) is 13.2 Å². The van der Waals surface area contributed by atoms with Gasteiger partial charge in [0.2, 0.25) is 0 Å². The molecule has 2 aliphatic rings. The van der Waals surface area contributed by atoms with Crippen LogP contribution in [0, 0.1) is 29.3 Å². The molecule has 3 heteroatoms. The zero-order valence-corrected chi connectivity index (χ0v) is 13.1. The van der Waals surface area contributed by atoms with Gasteiger partial charge in [0.15, 0.2) is 17.5 Å². The monoisotopic (exact) mass is 308 g/mol. The number of hydrogen-bond donors (Lipinski definition) is 0. The third-order valence-electron chi connectivity index (χ3n) is 5.32. The predicted octanol–water partition coefficient (Wildman–Crippen LogP) is 6.04. The molecule has 120 valence electrons. The van der Waals surface area contributed by atoms with E-state index < -0.39 is 17.5 Å². The molecule has 0 bridgehead atoms. The predicted molar refractivity (Wildman–Crippen MR) is 83.0 cm³/mol. The maximum absolute atomic E-state index is 13.9. The molecule has 0 aromatic heterocycles. The summed E-state index contributed by atoms with van der Waals surface area (Å²) in [5.74, 6) is -2.19. The number of hydrogen-bond acceptors (Lipinski definition) is 0. The zero-order chi connectivity index (χ0) is 15.7. The van der Waals surface area contributed by atoms with Crippen molar-refractivity contribution in [1.82, 2.24) is 0 Å². The molecule has 2 aliphatic carbocycles. The summed E-state index contributed by atoms with van der Waals surface area (Å²) in [7, 11) is 0. The first-order valence-corrected chi connectivity index (χ1v) is 8.47. The minimum atomic E-state index is -1.35. The summed E-state index contributed by atoms with van der Waals surface area (Å²) in [6.07, 6.45) is 10.8. The first kappa shape index (κ1) is 15.6. The highest BCUT2D eigenvalue weighted by Crippen LogP contribution is 2.39. The van der Waals surface area contributed by atoms with Gasteiger partial charge in [-0.2, -0.15) is 0 Å². The molecular weight excluding hydrogens is 285 g/mol. The van der Waals surface area contributed by atoms with Gasteiger partial charge in [0.1, 0.15) is 0 Å². The zero-order valence-electron chi connectivity index (χ0n) is 13.1. The van der Waals surface area contributed by atoms with Gasteiger partial charge in [0, 0.05) is 5.56 Å². The van der Waals surface area contributed by atoms with Gasteiger partial charge in [-0.15, -0.1) is 0 Å². The lowest BCUT2D eigenvalue weighted by Crippen LogP contribution is -2.04. The molecule has 2 atom stereocenters. The van der Waals surface area contributed by atoms with Gasteiger partial charge < -0.3 is 0 Å². The Balaban J connectivity index is 1.76. The Kier molecular flexibility index (Phi) is 4.60. The molecule has 1 saturated carbocycles. The van der Waals surface area contributed by atoms with Crippen LogP contribution in [0.25, 0.3) is 6.08 Å². The Morgan fingerprint density at radius 2 is 1.86 bits per heavy atom. The van der Waals surface area contributed by atoms with E-state index in [1.165, 1.54) is 32.1 Å². The van der Waals surface area contributed by atoms with Crippen molar-refractivity contribution in [3.63, 3.8) is 0 Å². The molecule has 22 heavy (non-hydrogen) atoms. The summed E-state index contributed by atoms with van der Waals surface area (Å²) in [5, 5.41) is 0. The fourth-order valence-electron chi connectivity index (χ4n) is 4.13. The van der Waals surface area contributed by atoms with Crippen molar-refractivity contribution < 1.29 is 13.2 Å². The van der Waals surface area contributed by atoms with Gasteiger partial charge in [-0.1, -0.05) is 44.3 Å². The lowest BCUT2D eigenvalue weighted by atomic mass is 9.89. The average molecular weight is 308 g/mol. The normalized spacial score (nSPS) is 24.8. The molecule has 0 amide bonds. The molecule has 0 spiro atoms. The topological polar surface area (TPSA) is 0 Å². The number of halogens is 3. The Labute approximate surface area is 130 Å². The highest BCUT2D eigenvalue weighted by molar-refractivity contribution is 5.65. The van der Waals surface area contributed by atoms with Gasteiger partial charge in [0.05, 0.1) is 0 Å². The highest BCUT2D eigenvalue weighted by Gasteiger charge is 2.27. The SMILES string of the molecule is CCCC1CCCC(C2=Cc3c(cc(F)c(F)c3F)C2)CC1. The van der Waals surface area contributed by atoms with E-state index in [2.05, 4.69) is 6.92 Å². The van der Waals surface area contributed by atoms with Crippen LogP contribution in [-0.4, -0.2) is 0 Å². The number of benzene rings is 1. The fraction of sp³-hybridized carbons (Fsp3) is 0.579. The van der Waals surface area contributed by atoms with Crippen molar-refractivity contribution in [2.24, 2.45) is 11.8 Å². The van der Waals surface area contributed by atoms with Crippen molar-refractivity contribution in [3.8, 4) is 0 Å². The molecule has 0 radical (unpaired) electrons. The summed E-state index contributed by atoms with van der Waals surface area (Å²) in [6.45, 7) is 2.23. The van der Waals surface area contributed by atoms with Crippen LogP contribution in [0.4, 0.5) is 13.2 Å². The van der Waals surface area contributed by atoms with Gasteiger partial charge in [0.25, 0.3) is 0 Å². The molecule has 3 rings (SSSR count). The lowest BCUT2D eigenvalue weighted by Gasteiger charge is -2.16. The van der Waals surface area contributed by atoms with Crippen molar-refractivity contribution in [2.75, 3.05) is 0 Å². The van der Waals surface area contributed by atoms with E-state index in [1.807, 2.05) is 0 Å². The fourth-order valence-corrected chi connectivity index (χ4v) is 4.13. The molecule has 0 heterocycles. The van der Waals surface area contributed by atoms with Crippen molar-refractivity contribution in [2.45, 2.75) is 58.3 Å². The minimum Gasteiger partial charge on any atom is -0.204 e. The Morgan fingerprint density at radius 3 is 2.64 bits per heavy atom. The molecule has 0 N–H and O–H groups in total. The molecule has 0 saturated heterocycles. The average Bonchev–Trinajstić information content (AvgIpc) is 2.77. The first-order valence-electron chi connectivity index (χ1n) is 8.47. The van der Waals surface area contributed by atoms with Crippen LogP contribution in [0.15, 0.2) is 11.6 Å². The summed E-state index contributed by atoms with van der Waals surface area (Å²) < 4.78 is 40.6. The second-order valence-corrected chi connectivity index (χ2v) is 6.82. The van der Waals surface area contributed by atoms with E-state index in [0.717, 1.165) is 30.4 Å². The number of allylic oxidation sites excluding steroid dienone is 1. The third kappa shape index (κ3) is 2.95. The van der Waals surface area contributed by atoms with Crippen LogP contribution in [0.5, 0.6) is 0 Å². The summed E-state index contributed by atoms with van der Waals surface area (Å²) >= 11 is 0. The lowest BCUT2D eigenvalue weighted by molar-refractivity contribution is 0.417. The van der Waals surface area contributed by atoms with Crippen molar-refractivity contribution >= 4 is 6.08 Å². The van der Waals surface area contributed by atoms with Crippen LogP contribution in [0.1, 0.15) is 63.0 Å². The van der Waals surface area contributed by atoms with E-state index in [9.17, 15) is 13.2 Å². The third-order valence-corrected chi connectivity index (χ3v) is 5.32. The van der Waals surface area contributed by atoms with Crippen LogP contribution in [-0.2, 0) is 6.42 Å². The summed E-state index contributed by atoms with van der Waals surface area (Å²) in [6, 6.07) is 1.16. The van der Waals surface area contributed by atoms with E-state index in [1.54, 1.807) is 6.08 Å². The number of fused-ring (bicyclic) bond motifs is 1. The van der Waals surface area contributed by atoms with E-state index in [-0.39, 0.29) is 5.56 Å².